The van der Waals surface area contributed by atoms with Crippen molar-refractivity contribution in [3.63, 3.8) is 0 Å². The molecule has 1 aliphatic heterocycles. The number of nitrogens with zero attached hydrogens (tertiary/aromatic N) is 7. The van der Waals surface area contributed by atoms with Gasteiger partial charge in [-0.3, -0.25) is 19.4 Å². The SMILES string of the molecule is CCc1nc([C@H]2O[C@@H](n3cnc4c(NCC(c5ccccc5)c5ccccc5)nc(NCCc5ccccn5)nc43)[C@H](O)[C@@H]2O)n[nH]1.O=CO. The third-order valence-electron chi connectivity index (χ3n) is 8.34. The van der Waals surface area contributed by atoms with Crippen molar-refractivity contribution in [2.75, 3.05) is 23.7 Å². The van der Waals surface area contributed by atoms with Crippen LogP contribution in [0.5, 0.6) is 0 Å². The number of anilines is 2. The monoisotopic (exact) mass is 678 g/mol. The largest absolute Gasteiger partial charge is 0.483 e. The van der Waals surface area contributed by atoms with E-state index in [1.54, 1.807) is 17.1 Å². The summed E-state index contributed by atoms with van der Waals surface area (Å²) in [6, 6.07) is 26.4. The van der Waals surface area contributed by atoms with Crippen LogP contribution in [0, 0.1) is 0 Å². The summed E-state index contributed by atoms with van der Waals surface area (Å²) < 4.78 is 7.81. The highest BCUT2D eigenvalue weighted by atomic mass is 16.6. The lowest BCUT2D eigenvalue weighted by molar-refractivity contribution is -0.122. The van der Waals surface area contributed by atoms with Crippen LogP contribution in [0.3, 0.4) is 0 Å². The zero-order chi connectivity index (χ0) is 34.9. The maximum atomic E-state index is 11.1. The Kier molecular flexibility index (Phi) is 11.0. The van der Waals surface area contributed by atoms with Crippen LogP contribution in [0.1, 0.15) is 53.6 Å². The Morgan fingerprint density at radius 3 is 2.26 bits per heavy atom. The molecule has 15 heteroatoms. The maximum Gasteiger partial charge on any atom is 0.290 e. The molecule has 0 saturated carbocycles. The number of aliphatic hydroxyl groups excluding tert-OH is 2. The normalized spacial score (nSPS) is 18.5. The Bertz CT molecular complexity index is 1920. The van der Waals surface area contributed by atoms with E-state index in [2.05, 4.69) is 60.0 Å². The Morgan fingerprint density at radius 2 is 1.62 bits per heavy atom. The number of imidazole rings is 1. The number of ether oxygens (including phenoxy) is 1. The lowest BCUT2D eigenvalue weighted by Gasteiger charge is -2.20. The molecule has 6 aromatic rings. The second-order valence-corrected chi connectivity index (χ2v) is 11.5. The summed E-state index contributed by atoms with van der Waals surface area (Å²) in [5, 5.41) is 42.9. The third kappa shape index (κ3) is 7.59. The zero-order valence-corrected chi connectivity index (χ0v) is 27.2. The minimum atomic E-state index is -1.28. The number of H-pyrrole nitrogens is 1. The number of aryl methyl sites for hydroxylation is 1. The summed E-state index contributed by atoms with van der Waals surface area (Å²) in [4.78, 5) is 31.5. The molecule has 258 valence electrons. The number of benzene rings is 2. The van der Waals surface area contributed by atoms with Gasteiger partial charge < -0.3 is 30.7 Å². The molecule has 7 rings (SSSR count). The summed E-state index contributed by atoms with van der Waals surface area (Å²) in [6.07, 6.45) is 0.164. The number of carbonyl (C=O) groups is 1. The van der Waals surface area contributed by atoms with Gasteiger partial charge in [-0.1, -0.05) is 73.7 Å². The fourth-order valence-electron chi connectivity index (χ4n) is 5.85. The average molecular weight is 679 g/mol. The zero-order valence-electron chi connectivity index (χ0n) is 27.2. The van der Waals surface area contributed by atoms with Crippen LogP contribution < -0.4 is 10.6 Å². The maximum absolute atomic E-state index is 11.1. The molecule has 4 atom stereocenters. The van der Waals surface area contributed by atoms with E-state index in [9.17, 15) is 10.2 Å². The van der Waals surface area contributed by atoms with E-state index in [0.717, 1.165) is 16.8 Å². The van der Waals surface area contributed by atoms with Crippen LogP contribution >= 0.6 is 0 Å². The highest BCUT2D eigenvalue weighted by Gasteiger charge is 2.47. The summed E-state index contributed by atoms with van der Waals surface area (Å²) >= 11 is 0. The van der Waals surface area contributed by atoms with Gasteiger partial charge in [-0.25, -0.2) is 9.97 Å². The van der Waals surface area contributed by atoms with Crippen molar-refractivity contribution in [2.45, 2.75) is 50.2 Å². The van der Waals surface area contributed by atoms with Crippen LogP contribution in [-0.2, 0) is 22.4 Å². The molecule has 50 heavy (non-hydrogen) atoms. The van der Waals surface area contributed by atoms with Gasteiger partial charge in [-0.15, -0.1) is 0 Å². The number of pyridine rings is 1. The first-order valence-electron chi connectivity index (χ1n) is 16.2. The van der Waals surface area contributed by atoms with Crippen molar-refractivity contribution < 1.29 is 24.9 Å². The van der Waals surface area contributed by atoms with Gasteiger partial charge in [-0.2, -0.15) is 15.1 Å². The van der Waals surface area contributed by atoms with Crippen LogP contribution in [0.25, 0.3) is 11.2 Å². The first-order chi connectivity index (χ1) is 24.5. The first-order valence-corrected chi connectivity index (χ1v) is 16.2. The van der Waals surface area contributed by atoms with E-state index >= 15 is 0 Å². The standard InChI is InChI=1S/C34H36N10O3.CH2O2/c1-2-25-39-31(43-42-25)29-27(45)28(46)33(47-29)44-20-38-26-30(40-34(41-32(26)44)36-18-16-23-15-9-10-17-35-23)37-19-24(21-11-5-3-6-12-21)22-13-7-4-8-14-22;2-1-3/h3-15,17,20,24,27-29,33,45-46H,2,16,18-19H2,1H3,(H,39,42,43)(H2,36,37,40,41);1H,(H,2,3)/t27-,28+,29-,33+;/m0./s1. The van der Waals surface area contributed by atoms with Gasteiger partial charge in [0.2, 0.25) is 5.95 Å². The van der Waals surface area contributed by atoms with Gasteiger partial charge in [0.15, 0.2) is 35.1 Å². The summed E-state index contributed by atoms with van der Waals surface area (Å²) in [6.45, 7) is 2.77. The number of fused-ring (bicyclic) bond motifs is 1. The van der Waals surface area contributed by atoms with Crippen LogP contribution in [0.2, 0.25) is 0 Å². The van der Waals surface area contributed by atoms with Crippen molar-refractivity contribution in [2.24, 2.45) is 0 Å². The summed E-state index contributed by atoms with van der Waals surface area (Å²) in [5.74, 6) is 1.88. The molecule has 6 N–H and O–H groups in total. The predicted molar refractivity (Wildman–Crippen MR) is 184 cm³/mol. The topological polar surface area (TPSA) is 209 Å². The molecular formula is C35H38N10O5. The molecule has 1 aliphatic rings. The fourth-order valence-corrected chi connectivity index (χ4v) is 5.85. The van der Waals surface area contributed by atoms with E-state index in [1.807, 2.05) is 61.5 Å². The second kappa shape index (κ2) is 16.1. The molecule has 4 aromatic heterocycles. The fraction of sp³-hybridized carbons (Fsp3) is 0.286. The minimum absolute atomic E-state index is 0.0373. The van der Waals surface area contributed by atoms with Crippen LogP contribution in [0.4, 0.5) is 11.8 Å². The molecule has 0 aliphatic carbocycles. The van der Waals surface area contributed by atoms with Gasteiger partial charge in [0.1, 0.15) is 18.0 Å². The van der Waals surface area contributed by atoms with E-state index in [4.69, 9.17) is 24.6 Å². The number of rotatable bonds is 12. The third-order valence-corrected chi connectivity index (χ3v) is 8.34. The van der Waals surface area contributed by atoms with Crippen molar-refractivity contribution >= 4 is 29.4 Å². The Balaban J connectivity index is 0.00000139. The average Bonchev–Trinajstić information content (AvgIpc) is 3.88. The molecular weight excluding hydrogens is 640 g/mol. The molecule has 15 nitrogen and oxygen atoms in total. The van der Waals surface area contributed by atoms with E-state index in [0.29, 0.717) is 54.7 Å². The lowest BCUT2D eigenvalue weighted by Crippen LogP contribution is -2.29. The van der Waals surface area contributed by atoms with Crippen molar-refractivity contribution in [3.8, 4) is 0 Å². The summed E-state index contributed by atoms with van der Waals surface area (Å²) in [7, 11) is 0. The molecule has 2 aromatic carbocycles. The Morgan fingerprint density at radius 1 is 0.920 bits per heavy atom. The van der Waals surface area contributed by atoms with E-state index < -0.39 is 24.5 Å². The van der Waals surface area contributed by atoms with Crippen LogP contribution in [0.15, 0.2) is 91.4 Å². The van der Waals surface area contributed by atoms with Crippen LogP contribution in [-0.4, -0.2) is 86.8 Å². The van der Waals surface area contributed by atoms with Crippen molar-refractivity contribution in [1.82, 2.24) is 39.7 Å². The Labute approximate surface area is 287 Å². The number of carboxylic acid groups (broad SMARTS) is 1. The van der Waals surface area contributed by atoms with Gasteiger partial charge in [-0.05, 0) is 23.3 Å². The van der Waals surface area contributed by atoms with E-state index in [1.165, 1.54) is 0 Å². The number of aromatic amines is 1. The minimum Gasteiger partial charge on any atom is -0.483 e. The first kappa shape index (κ1) is 34.1. The molecule has 0 amide bonds. The quantitative estimate of drug-likeness (QED) is 0.103. The molecule has 0 bridgehead atoms. The highest BCUT2D eigenvalue weighted by Crippen LogP contribution is 2.39. The smallest absolute Gasteiger partial charge is 0.290 e. The van der Waals surface area contributed by atoms with Gasteiger partial charge >= 0.3 is 0 Å². The van der Waals surface area contributed by atoms with Gasteiger partial charge in [0.25, 0.3) is 6.47 Å². The number of hydrogen-bond acceptors (Lipinski definition) is 12. The number of aliphatic hydroxyl groups is 2. The predicted octanol–water partition coefficient (Wildman–Crippen LogP) is 3.49. The number of nitrogens with one attached hydrogen (secondary N) is 3. The molecule has 1 saturated heterocycles. The highest BCUT2D eigenvalue weighted by molar-refractivity contribution is 5.84. The molecule has 0 radical (unpaired) electrons. The second-order valence-electron chi connectivity index (χ2n) is 11.5. The van der Waals surface area contributed by atoms with Gasteiger partial charge in [0, 0.05) is 43.7 Å². The number of hydrogen-bond donors (Lipinski definition) is 6. The molecule has 0 spiro atoms. The van der Waals surface area contributed by atoms with E-state index in [-0.39, 0.29) is 18.2 Å². The number of aromatic nitrogens is 8. The summed E-state index contributed by atoms with van der Waals surface area (Å²) in [5.41, 5.74) is 4.20. The lowest BCUT2D eigenvalue weighted by atomic mass is 9.91. The van der Waals surface area contributed by atoms with Crippen molar-refractivity contribution in [3.05, 3.63) is 120 Å². The Hall–Kier alpha value is -5.77. The molecule has 0 unspecified atom stereocenters. The van der Waals surface area contributed by atoms with Gasteiger partial charge in [0.05, 0.1) is 6.33 Å². The van der Waals surface area contributed by atoms with Crippen molar-refractivity contribution in [1.29, 1.82) is 0 Å². The molecule has 1 fully saturated rings. The molecule has 5 heterocycles.